The van der Waals surface area contributed by atoms with Crippen LogP contribution in [0.1, 0.15) is 22.3 Å². The van der Waals surface area contributed by atoms with Crippen molar-refractivity contribution >= 4 is 53.9 Å². The quantitative estimate of drug-likeness (QED) is 0.158. The van der Waals surface area contributed by atoms with E-state index in [1.807, 2.05) is 0 Å². The fraction of sp³-hybridized carbons (Fsp3) is 0.0182. The molecule has 13 rings (SSSR count). The summed E-state index contributed by atoms with van der Waals surface area (Å²) in [5.74, 6) is 0. The second-order valence-electron chi connectivity index (χ2n) is 15.5. The monoisotopic (exact) mass is 692 g/mol. The minimum atomic E-state index is -0.467. The van der Waals surface area contributed by atoms with Crippen LogP contribution >= 0.6 is 0 Å². The van der Waals surface area contributed by atoms with Gasteiger partial charge >= 0.3 is 0 Å². The summed E-state index contributed by atoms with van der Waals surface area (Å²) in [6.45, 7) is 0. The molecule has 0 aliphatic heterocycles. The van der Waals surface area contributed by atoms with Crippen LogP contribution in [-0.4, -0.2) is 0 Å². The predicted octanol–water partition coefficient (Wildman–Crippen LogP) is 14.6. The van der Waals surface area contributed by atoms with Gasteiger partial charge in [-0.3, -0.25) is 0 Å². The van der Waals surface area contributed by atoms with Gasteiger partial charge in [0, 0.05) is 0 Å². The topological polar surface area (TPSA) is 0 Å². The van der Waals surface area contributed by atoms with Crippen LogP contribution in [0, 0.1) is 0 Å². The van der Waals surface area contributed by atoms with Gasteiger partial charge in [-0.2, -0.15) is 0 Å². The molecule has 0 N–H and O–H groups in total. The van der Waals surface area contributed by atoms with Gasteiger partial charge in [0.05, 0.1) is 5.41 Å². The van der Waals surface area contributed by atoms with Crippen molar-refractivity contribution in [2.75, 3.05) is 0 Å². The van der Waals surface area contributed by atoms with E-state index in [0.29, 0.717) is 0 Å². The molecule has 2 aliphatic rings. The zero-order valence-corrected chi connectivity index (χ0v) is 30.0. The summed E-state index contributed by atoms with van der Waals surface area (Å²) in [6.07, 6.45) is 0. The van der Waals surface area contributed by atoms with Crippen LogP contribution in [0.15, 0.2) is 194 Å². The Balaban J connectivity index is 1.19. The Bertz CT molecular complexity index is 3370. The number of hydrogen-bond donors (Lipinski definition) is 0. The number of rotatable bonds is 2. The SMILES string of the molecule is c1ccc2c(c1)-c1ccccc1C21c2ccccc2-c2c(-c3ccc4ccccc4c3)cc3ccc(-c4ccc5ccc6cccc7ccc4c5c67)cc3c21. The Morgan fingerprint density at radius 3 is 1.55 bits per heavy atom. The molecule has 0 bridgehead atoms. The molecule has 0 aromatic heterocycles. The molecule has 11 aromatic rings. The lowest BCUT2D eigenvalue weighted by molar-refractivity contribution is 0.801. The molecule has 1 spiro atoms. The third-order valence-electron chi connectivity index (χ3n) is 13.0. The van der Waals surface area contributed by atoms with Gasteiger partial charge in [-0.15, -0.1) is 0 Å². The molecule has 0 atom stereocenters. The molecule has 0 unspecified atom stereocenters. The first kappa shape index (κ1) is 29.4. The highest BCUT2D eigenvalue weighted by Crippen LogP contribution is 2.65. The van der Waals surface area contributed by atoms with E-state index in [4.69, 9.17) is 0 Å². The van der Waals surface area contributed by atoms with Crippen LogP contribution < -0.4 is 0 Å². The molecule has 0 heterocycles. The van der Waals surface area contributed by atoms with Gasteiger partial charge in [0.1, 0.15) is 0 Å². The smallest absolute Gasteiger partial charge is 0.0619 e. The summed E-state index contributed by atoms with van der Waals surface area (Å²) >= 11 is 0. The largest absolute Gasteiger partial charge is 0.0731 e. The van der Waals surface area contributed by atoms with E-state index in [2.05, 4.69) is 194 Å². The Morgan fingerprint density at radius 2 is 0.800 bits per heavy atom. The van der Waals surface area contributed by atoms with Crippen LogP contribution in [-0.2, 0) is 5.41 Å². The Kier molecular flexibility index (Phi) is 5.65. The molecule has 0 fully saturated rings. The molecular weight excluding hydrogens is 661 g/mol. The highest BCUT2D eigenvalue weighted by atomic mass is 14.5. The van der Waals surface area contributed by atoms with Gasteiger partial charge in [0.2, 0.25) is 0 Å². The van der Waals surface area contributed by atoms with Gasteiger partial charge in [-0.05, 0) is 139 Å². The average molecular weight is 693 g/mol. The first-order chi connectivity index (χ1) is 27.3. The first-order valence-electron chi connectivity index (χ1n) is 19.3. The molecule has 0 amide bonds. The minimum Gasteiger partial charge on any atom is -0.0619 e. The van der Waals surface area contributed by atoms with Crippen molar-refractivity contribution in [2.45, 2.75) is 5.41 Å². The van der Waals surface area contributed by atoms with Crippen LogP contribution in [0.2, 0.25) is 0 Å². The van der Waals surface area contributed by atoms with Crippen molar-refractivity contribution in [3.63, 3.8) is 0 Å². The second-order valence-corrected chi connectivity index (χ2v) is 15.5. The van der Waals surface area contributed by atoms with E-state index in [1.165, 1.54) is 121 Å². The molecule has 0 nitrogen and oxygen atoms in total. The van der Waals surface area contributed by atoms with Crippen LogP contribution in [0.25, 0.3) is 98.4 Å². The van der Waals surface area contributed by atoms with E-state index in [9.17, 15) is 0 Å². The van der Waals surface area contributed by atoms with Gasteiger partial charge in [0.25, 0.3) is 0 Å². The highest BCUT2D eigenvalue weighted by molar-refractivity contribution is 6.25. The van der Waals surface area contributed by atoms with Crippen LogP contribution in [0.5, 0.6) is 0 Å². The first-order valence-corrected chi connectivity index (χ1v) is 19.3. The maximum Gasteiger partial charge on any atom is 0.0731 e. The maximum absolute atomic E-state index is 2.52. The van der Waals surface area contributed by atoms with Crippen molar-refractivity contribution < 1.29 is 0 Å². The fourth-order valence-electron chi connectivity index (χ4n) is 10.8. The highest BCUT2D eigenvalue weighted by Gasteiger charge is 2.53. The van der Waals surface area contributed by atoms with Gasteiger partial charge in [0.15, 0.2) is 0 Å². The summed E-state index contributed by atoms with van der Waals surface area (Å²) in [5.41, 5.74) is 15.4. The molecule has 252 valence electrons. The van der Waals surface area contributed by atoms with E-state index in [1.54, 1.807) is 0 Å². The maximum atomic E-state index is 2.52. The van der Waals surface area contributed by atoms with E-state index < -0.39 is 5.41 Å². The predicted molar refractivity (Wildman–Crippen MR) is 232 cm³/mol. The van der Waals surface area contributed by atoms with Gasteiger partial charge in [-0.1, -0.05) is 176 Å². The van der Waals surface area contributed by atoms with Gasteiger partial charge in [-0.25, -0.2) is 0 Å². The van der Waals surface area contributed by atoms with E-state index in [0.717, 1.165) is 0 Å². The minimum absolute atomic E-state index is 0.467. The standard InChI is InChI=1S/C55H32/c1-2-11-37-30-38(23-20-33(37)10-1)46-31-40-25-24-39(41-28-26-36-22-21-34-12-9-13-35-27-29-44(41)52(36)51(34)35)32-47(40)54-53(46)45-16-5-8-19-50(45)55(54)48-17-6-3-14-42(48)43-15-4-7-18-49(43)55/h1-32H. The number of hydrogen-bond acceptors (Lipinski definition) is 0. The summed E-state index contributed by atoms with van der Waals surface area (Å²) < 4.78 is 0. The Labute approximate surface area is 318 Å². The zero-order chi connectivity index (χ0) is 35.8. The summed E-state index contributed by atoms with van der Waals surface area (Å²) in [4.78, 5) is 0. The Hall–Kier alpha value is -7.02. The lowest BCUT2D eigenvalue weighted by Gasteiger charge is -2.32. The van der Waals surface area contributed by atoms with Crippen molar-refractivity contribution in [3.05, 3.63) is 216 Å². The summed E-state index contributed by atoms with van der Waals surface area (Å²) in [7, 11) is 0. The molecule has 11 aromatic carbocycles. The van der Waals surface area contributed by atoms with Crippen molar-refractivity contribution in [2.24, 2.45) is 0 Å². The third-order valence-corrected chi connectivity index (χ3v) is 13.0. The van der Waals surface area contributed by atoms with Crippen LogP contribution in [0.3, 0.4) is 0 Å². The summed E-state index contributed by atoms with van der Waals surface area (Å²) in [5, 5.41) is 13.0. The molecule has 2 aliphatic carbocycles. The molecule has 55 heavy (non-hydrogen) atoms. The number of fused-ring (bicyclic) bond motifs is 13. The molecule has 0 radical (unpaired) electrons. The average Bonchev–Trinajstić information content (AvgIpc) is 3.73. The normalized spacial score (nSPS) is 13.6. The number of benzene rings is 11. The molecule has 0 saturated carbocycles. The molecule has 0 saturated heterocycles. The second kappa shape index (κ2) is 10.6. The fourth-order valence-corrected chi connectivity index (χ4v) is 10.8. The van der Waals surface area contributed by atoms with E-state index in [-0.39, 0.29) is 0 Å². The lowest BCUT2D eigenvalue weighted by Crippen LogP contribution is -2.26. The molecular formula is C55H32. The van der Waals surface area contributed by atoms with Gasteiger partial charge < -0.3 is 0 Å². The van der Waals surface area contributed by atoms with Crippen molar-refractivity contribution in [3.8, 4) is 44.5 Å². The third kappa shape index (κ3) is 3.71. The van der Waals surface area contributed by atoms with Crippen molar-refractivity contribution in [1.29, 1.82) is 0 Å². The molecule has 0 heteroatoms. The summed E-state index contributed by atoms with van der Waals surface area (Å²) in [6, 6.07) is 73.5. The Morgan fingerprint density at radius 1 is 0.273 bits per heavy atom. The zero-order valence-electron chi connectivity index (χ0n) is 30.0. The van der Waals surface area contributed by atoms with Crippen LogP contribution in [0.4, 0.5) is 0 Å². The van der Waals surface area contributed by atoms with E-state index >= 15 is 0 Å². The van der Waals surface area contributed by atoms with Crippen molar-refractivity contribution in [1.82, 2.24) is 0 Å². The lowest BCUT2D eigenvalue weighted by atomic mass is 9.69.